The van der Waals surface area contributed by atoms with Gasteiger partial charge in [0.2, 0.25) is 0 Å². The first-order chi connectivity index (χ1) is 5.58. The predicted octanol–water partition coefficient (Wildman–Crippen LogP) is -1.21. The molecule has 1 rings (SSSR count). The quantitative estimate of drug-likeness (QED) is 0.461. The van der Waals surface area contributed by atoms with Gasteiger partial charge in [-0.1, -0.05) is 19.3 Å². The molecule has 0 heterocycles. The summed E-state index contributed by atoms with van der Waals surface area (Å²) in [5.41, 5.74) is 0. The second-order valence-electron chi connectivity index (χ2n) is 3.29. The first-order valence-corrected chi connectivity index (χ1v) is 5.81. The van der Waals surface area contributed by atoms with Gasteiger partial charge in [0.25, 0.3) is 0 Å². The molecule has 0 radical (unpaired) electrons. The molecule has 1 aliphatic rings. The number of phosphoric acid groups is 1. The maximum Gasteiger partial charge on any atom is 1.00 e. The van der Waals surface area contributed by atoms with Crippen LogP contribution in [0.5, 0.6) is 0 Å². The fourth-order valence-corrected chi connectivity index (χ4v) is 1.96. The number of rotatable bonds is 3. The van der Waals surface area contributed by atoms with Crippen LogP contribution in [0, 0.1) is 5.92 Å². The van der Waals surface area contributed by atoms with Crippen molar-refractivity contribution < 1.29 is 49.9 Å². The van der Waals surface area contributed by atoms with Gasteiger partial charge in [0.15, 0.2) is 0 Å². The van der Waals surface area contributed by atoms with Crippen molar-refractivity contribution in [2.45, 2.75) is 32.1 Å². The Morgan fingerprint density at radius 2 is 1.85 bits per heavy atom. The van der Waals surface area contributed by atoms with E-state index in [4.69, 9.17) is 9.79 Å². The molecule has 0 spiro atoms. The third-order valence-corrected chi connectivity index (χ3v) is 2.69. The van der Waals surface area contributed by atoms with Crippen molar-refractivity contribution >= 4 is 7.82 Å². The molecule has 1 saturated carbocycles. The second kappa shape index (κ2) is 6.57. The minimum Gasteiger partial charge on any atom is -1.00 e. The van der Waals surface area contributed by atoms with E-state index in [1.165, 1.54) is 6.42 Å². The molecule has 0 unspecified atom stereocenters. The summed E-state index contributed by atoms with van der Waals surface area (Å²) in [6.45, 7) is 0.213. The van der Waals surface area contributed by atoms with Crippen LogP contribution in [0.1, 0.15) is 33.5 Å². The number of phosphoric ester groups is 1. The Kier molecular flexibility index (Phi) is 7.13. The van der Waals surface area contributed by atoms with Gasteiger partial charge in [-0.05, 0) is 18.8 Å². The van der Waals surface area contributed by atoms with Crippen molar-refractivity contribution in [1.29, 1.82) is 0 Å². The Morgan fingerprint density at radius 1 is 1.31 bits per heavy atom. The third kappa shape index (κ3) is 7.09. The normalized spacial score (nSPS) is 19.5. The summed E-state index contributed by atoms with van der Waals surface area (Å²) in [5.74, 6) is 0.353. The Morgan fingerprint density at radius 3 is 2.31 bits per heavy atom. The van der Waals surface area contributed by atoms with Gasteiger partial charge in [-0.25, -0.2) is 4.57 Å². The smallest absolute Gasteiger partial charge is 1.00 e. The van der Waals surface area contributed by atoms with Crippen molar-refractivity contribution in [1.82, 2.24) is 0 Å². The molecule has 0 aromatic rings. The fourth-order valence-electron chi connectivity index (χ4n) is 1.56. The van der Waals surface area contributed by atoms with E-state index in [-0.39, 0.29) is 37.6 Å². The van der Waals surface area contributed by atoms with Gasteiger partial charge in [-0.2, -0.15) is 0 Å². The Balaban J connectivity index is 0. The maximum atomic E-state index is 10.3. The summed E-state index contributed by atoms with van der Waals surface area (Å²) in [6.07, 6.45) is 5.65. The van der Waals surface area contributed by atoms with Crippen LogP contribution in [0.3, 0.4) is 0 Å². The summed E-state index contributed by atoms with van der Waals surface area (Å²) in [7, 11) is -4.23. The summed E-state index contributed by atoms with van der Waals surface area (Å²) >= 11 is 0. The van der Waals surface area contributed by atoms with Crippen LogP contribution in [0.4, 0.5) is 0 Å². The summed E-state index contributed by atoms with van der Waals surface area (Å²) < 4.78 is 14.8. The van der Waals surface area contributed by atoms with Crippen LogP contribution >= 0.6 is 7.82 Å². The second-order valence-corrected chi connectivity index (χ2v) is 4.53. The van der Waals surface area contributed by atoms with Crippen molar-refractivity contribution in [3.8, 4) is 0 Å². The molecular formula is C7H16NaO4P. The van der Waals surface area contributed by atoms with E-state index in [1.807, 2.05) is 0 Å². The molecule has 2 N–H and O–H groups in total. The SMILES string of the molecule is O=P(O)(O)OCC1CCCCC1.[H-].[Na+]. The van der Waals surface area contributed by atoms with E-state index in [0.29, 0.717) is 5.92 Å². The minimum absolute atomic E-state index is 0. The van der Waals surface area contributed by atoms with Gasteiger partial charge >= 0.3 is 37.4 Å². The topological polar surface area (TPSA) is 66.8 Å². The Hall–Kier alpha value is 1.11. The van der Waals surface area contributed by atoms with E-state index in [9.17, 15) is 4.57 Å². The van der Waals surface area contributed by atoms with Gasteiger partial charge in [-0.3, -0.25) is 4.52 Å². The largest absolute Gasteiger partial charge is 1.00 e. The Bertz CT molecular complexity index is 181. The minimum atomic E-state index is -4.23. The van der Waals surface area contributed by atoms with Crippen LogP contribution in [0.2, 0.25) is 0 Å². The molecule has 0 bridgehead atoms. The molecule has 4 nitrogen and oxygen atoms in total. The standard InChI is InChI=1S/C7H15O4P.Na.H/c8-12(9,10)11-6-7-4-2-1-3-5-7;;/h7H,1-6H2,(H2,8,9,10);;/q;+1;-1. The van der Waals surface area contributed by atoms with Gasteiger partial charge in [0.1, 0.15) is 0 Å². The molecule has 1 aliphatic carbocycles. The average Bonchev–Trinajstić information content (AvgIpc) is 2.02. The third-order valence-electron chi connectivity index (χ3n) is 2.20. The number of hydrogen-bond acceptors (Lipinski definition) is 2. The summed E-state index contributed by atoms with van der Waals surface area (Å²) in [6, 6.07) is 0. The van der Waals surface area contributed by atoms with Gasteiger partial charge in [0, 0.05) is 0 Å². The van der Waals surface area contributed by atoms with Crippen molar-refractivity contribution in [2.75, 3.05) is 6.61 Å². The molecule has 13 heavy (non-hydrogen) atoms. The van der Waals surface area contributed by atoms with Crippen LogP contribution in [-0.4, -0.2) is 16.4 Å². The molecule has 0 aliphatic heterocycles. The van der Waals surface area contributed by atoms with Gasteiger partial charge in [0.05, 0.1) is 6.61 Å². The van der Waals surface area contributed by atoms with E-state index >= 15 is 0 Å². The molecule has 0 saturated heterocycles. The van der Waals surface area contributed by atoms with Gasteiger partial charge in [-0.15, -0.1) is 0 Å². The zero-order chi connectivity index (χ0) is 9.03. The maximum absolute atomic E-state index is 10.3. The van der Waals surface area contributed by atoms with Gasteiger partial charge < -0.3 is 11.2 Å². The van der Waals surface area contributed by atoms with Crippen LogP contribution in [-0.2, 0) is 9.09 Å². The fraction of sp³-hybridized carbons (Fsp3) is 1.00. The monoisotopic (exact) mass is 218 g/mol. The van der Waals surface area contributed by atoms with Crippen LogP contribution in [0.15, 0.2) is 0 Å². The van der Waals surface area contributed by atoms with Crippen molar-refractivity contribution in [3.05, 3.63) is 0 Å². The first-order valence-electron chi connectivity index (χ1n) is 4.28. The molecular weight excluding hydrogens is 202 g/mol. The van der Waals surface area contributed by atoms with E-state index in [1.54, 1.807) is 0 Å². The molecule has 74 valence electrons. The zero-order valence-electron chi connectivity index (χ0n) is 8.98. The van der Waals surface area contributed by atoms with E-state index in [0.717, 1.165) is 25.7 Å². The van der Waals surface area contributed by atoms with Crippen LogP contribution in [0.25, 0.3) is 0 Å². The predicted molar refractivity (Wildman–Crippen MR) is 45.7 cm³/mol. The van der Waals surface area contributed by atoms with Crippen LogP contribution < -0.4 is 29.6 Å². The van der Waals surface area contributed by atoms with Crippen molar-refractivity contribution in [2.24, 2.45) is 5.92 Å². The molecule has 6 heteroatoms. The number of hydrogen-bond donors (Lipinski definition) is 2. The van der Waals surface area contributed by atoms with E-state index < -0.39 is 7.82 Å². The van der Waals surface area contributed by atoms with E-state index in [2.05, 4.69) is 4.52 Å². The summed E-state index contributed by atoms with van der Waals surface area (Å²) in [5, 5.41) is 0. The molecule has 0 aromatic carbocycles. The summed E-state index contributed by atoms with van der Waals surface area (Å²) in [4.78, 5) is 16.9. The average molecular weight is 218 g/mol. The first kappa shape index (κ1) is 14.1. The molecule has 0 atom stereocenters. The molecule has 1 fully saturated rings. The zero-order valence-corrected chi connectivity index (χ0v) is 10.9. The Labute approximate surface area is 102 Å². The molecule has 0 aromatic heterocycles. The molecule has 0 amide bonds. The van der Waals surface area contributed by atoms with Crippen molar-refractivity contribution in [3.63, 3.8) is 0 Å².